The Morgan fingerprint density at radius 3 is 1.88 bits per heavy atom. The number of hydrogen-bond donors (Lipinski definition) is 1. The van der Waals surface area contributed by atoms with Crippen LogP contribution in [0, 0.1) is 0 Å². The van der Waals surface area contributed by atoms with Crippen molar-refractivity contribution in [1.29, 1.82) is 0 Å². The highest BCUT2D eigenvalue weighted by atomic mass is 16.4. The Morgan fingerprint density at radius 1 is 0.875 bits per heavy atom. The third-order valence-corrected chi connectivity index (χ3v) is 4.36. The maximum atomic E-state index is 12.6. The number of carboxylic acid groups (broad SMARTS) is 1. The van der Waals surface area contributed by atoms with Gasteiger partial charge in [-0.15, -0.1) is 0 Å². The SMILES string of the molecule is CCN(CC)C(=O)c1ccc2c(c1)C(=O)c1cc(C(=O)O)ccc1-2. The Balaban J connectivity index is 2.05. The normalized spacial score (nSPS) is 11.8. The van der Waals surface area contributed by atoms with Gasteiger partial charge in [-0.1, -0.05) is 12.1 Å². The monoisotopic (exact) mass is 323 g/mol. The fraction of sp³-hybridized carbons (Fsp3) is 0.211. The van der Waals surface area contributed by atoms with Crippen LogP contribution in [0.3, 0.4) is 0 Å². The van der Waals surface area contributed by atoms with E-state index in [-0.39, 0.29) is 17.3 Å². The lowest BCUT2D eigenvalue weighted by atomic mass is 10.0. The molecule has 0 unspecified atom stereocenters. The van der Waals surface area contributed by atoms with E-state index in [1.54, 1.807) is 29.2 Å². The van der Waals surface area contributed by atoms with Gasteiger partial charge < -0.3 is 10.0 Å². The number of hydrogen-bond acceptors (Lipinski definition) is 3. The molecule has 0 saturated heterocycles. The number of carbonyl (C=O) groups excluding carboxylic acids is 2. The van der Waals surface area contributed by atoms with E-state index in [1.807, 2.05) is 13.8 Å². The van der Waals surface area contributed by atoms with E-state index in [0.717, 1.165) is 5.56 Å². The Hall–Kier alpha value is -2.95. The molecule has 5 nitrogen and oxygen atoms in total. The molecular formula is C19H17NO4. The lowest BCUT2D eigenvalue weighted by molar-refractivity contribution is 0.0696. The lowest BCUT2D eigenvalue weighted by Crippen LogP contribution is -2.30. The first-order valence-electron chi connectivity index (χ1n) is 7.83. The molecule has 2 aromatic carbocycles. The van der Waals surface area contributed by atoms with Gasteiger partial charge in [-0.2, -0.15) is 0 Å². The molecule has 24 heavy (non-hydrogen) atoms. The molecule has 0 heterocycles. The van der Waals surface area contributed by atoms with Gasteiger partial charge in [0.25, 0.3) is 5.91 Å². The predicted octanol–water partition coefficient (Wildman–Crippen LogP) is 3.08. The fourth-order valence-electron chi connectivity index (χ4n) is 3.04. The summed E-state index contributed by atoms with van der Waals surface area (Å²) in [6.45, 7) is 5.01. The van der Waals surface area contributed by atoms with Crippen molar-refractivity contribution in [2.24, 2.45) is 0 Å². The molecule has 2 aromatic rings. The summed E-state index contributed by atoms with van der Waals surface area (Å²) >= 11 is 0. The van der Waals surface area contributed by atoms with Crippen LogP contribution in [0.5, 0.6) is 0 Å². The second-order valence-corrected chi connectivity index (χ2v) is 5.63. The number of nitrogens with zero attached hydrogens (tertiary/aromatic N) is 1. The quantitative estimate of drug-likeness (QED) is 0.800. The summed E-state index contributed by atoms with van der Waals surface area (Å²) in [4.78, 5) is 37.9. The van der Waals surface area contributed by atoms with Crippen molar-refractivity contribution in [3.05, 3.63) is 58.7 Å². The van der Waals surface area contributed by atoms with Gasteiger partial charge >= 0.3 is 5.97 Å². The van der Waals surface area contributed by atoms with Crippen LogP contribution >= 0.6 is 0 Å². The molecule has 1 aliphatic rings. The van der Waals surface area contributed by atoms with E-state index in [9.17, 15) is 14.4 Å². The molecule has 5 heteroatoms. The standard InChI is InChI=1S/C19H17NO4/c1-3-20(4-2)18(22)11-5-7-13-14-8-6-12(19(23)24)10-16(14)17(21)15(13)9-11/h5-10H,3-4H2,1-2H3,(H,23,24). The molecule has 0 spiro atoms. The highest BCUT2D eigenvalue weighted by Crippen LogP contribution is 2.37. The molecule has 1 aliphatic carbocycles. The zero-order chi connectivity index (χ0) is 17.4. The van der Waals surface area contributed by atoms with E-state index in [1.165, 1.54) is 12.1 Å². The van der Waals surface area contributed by atoms with Crippen molar-refractivity contribution in [1.82, 2.24) is 4.90 Å². The highest BCUT2D eigenvalue weighted by Gasteiger charge is 2.28. The third-order valence-electron chi connectivity index (χ3n) is 4.36. The van der Waals surface area contributed by atoms with Crippen LogP contribution in [0.1, 0.15) is 50.5 Å². The topological polar surface area (TPSA) is 74.7 Å². The summed E-state index contributed by atoms with van der Waals surface area (Å²) in [5.74, 6) is -1.42. The Kier molecular flexibility index (Phi) is 3.93. The summed E-state index contributed by atoms with van der Waals surface area (Å²) in [5, 5.41) is 9.09. The molecule has 0 aromatic heterocycles. The van der Waals surface area contributed by atoms with Crippen LogP contribution in [0.15, 0.2) is 36.4 Å². The number of carboxylic acids is 1. The number of aromatic carboxylic acids is 1. The average Bonchev–Trinajstić information content (AvgIpc) is 2.87. The van der Waals surface area contributed by atoms with E-state index in [0.29, 0.717) is 35.3 Å². The molecule has 0 atom stereocenters. The van der Waals surface area contributed by atoms with Crippen molar-refractivity contribution >= 4 is 17.7 Å². The molecule has 0 bridgehead atoms. The van der Waals surface area contributed by atoms with Crippen molar-refractivity contribution in [2.75, 3.05) is 13.1 Å². The van der Waals surface area contributed by atoms with Crippen LogP contribution in [-0.2, 0) is 0 Å². The molecule has 0 radical (unpaired) electrons. The van der Waals surface area contributed by atoms with Crippen LogP contribution in [0.4, 0.5) is 0 Å². The summed E-state index contributed by atoms with van der Waals surface area (Å²) < 4.78 is 0. The van der Waals surface area contributed by atoms with Crippen molar-refractivity contribution < 1.29 is 19.5 Å². The number of ketones is 1. The Labute approximate surface area is 139 Å². The van der Waals surface area contributed by atoms with Gasteiger partial charge in [0.05, 0.1) is 5.56 Å². The average molecular weight is 323 g/mol. The lowest BCUT2D eigenvalue weighted by Gasteiger charge is -2.18. The van der Waals surface area contributed by atoms with Crippen LogP contribution in [0.25, 0.3) is 11.1 Å². The van der Waals surface area contributed by atoms with Gasteiger partial charge in [-0.05, 0) is 49.2 Å². The molecule has 0 fully saturated rings. The molecule has 1 N–H and O–H groups in total. The van der Waals surface area contributed by atoms with Crippen LogP contribution < -0.4 is 0 Å². The minimum atomic E-state index is -1.07. The fourth-order valence-corrected chi connectivity index (χ4v) is 3.04. The predicted molar refractivity (Wildman–Crippen MR) is 89.5 cm³/mol. The van der Waals surface area contributed by atoms with Gasteiger partial charge in [0, 0.05) is 29.8 Å². The maximum Gasteiger partial charge on any atom is 0.335 e. The van der Waals surface area contributed by atoms with Gasteiger partial charge in [0.15, 0.2) is 5.78 Å². The van der Waals surface area contributed by atoms with E-state index >= 15 is 0 Å². The Bertz CT molecular complexity index is 866. The van der Waals surface area contributed by atoms with Crippen LogP contribution in [-0.4, -0.2) is 40.8 Å². The van der Waals surface area contributed by atoms with Gasteiger partial charge in [-0.3, -0.25) is 9.59 Å². The maximum absolute atomic E-state index is 12.6. The molecule has 3 rings (SSSR count). The number of rotatable bonds is 4. The second-order valence-electron chi connectivity index (χ2n) is 5.63. The summed E-state index contributed by atoms with van der Waals surface area (Å²) in [5.41, 5.74) is 2.82. The van der Waals surface area contributed by atoms with E-state index in [4.69, 9.17) is 5.11 Å². The number of amides is 1. The van der Waals surface area contributed by atoms with Gasteiger partial charge in [-0.25, -0.2) is 4.79 Å². The molecule has 1 amide bonds. The molecule has 0 saturated carbocycles. The second kappa shape index (κ2) is 5.92. The zero-order valence-electron chi connectivity index (χ0n) is 13.5. The Morgan fingerprint density at radius 2 is 1.38 bits per heavy atom. The first-order valence-corrected chi connectivity index (χ1v) is 7.83. The van der Waals surface area contributed by atoms with Gasteiger partial charge in [0.2, 0.25) is 0 Å². The number of benzene rings is 2. The summed E-state index contributed by atoms with van der Waals surface area (Å²) in [6, 6.07) is 9.61. The molecule has 122 valence electrons. The molecule has 0 aliphatic heterocycles. The van der Waals surface area contributed by atoms with Gasteiger partial charge in [0.1, 0.15) is 0 Å². The highest BCUT2D eigenvalue weighted by molar-refractivity contribution is 6.23. The summed E-state index contributed by atoms with van der Waals surface area (Å²) in [6.07, 6.45) is 0. The van der Waals surface area contributed by atoms with Crippen molar-refractivity contribution in [2.45, 2.75) is 13.8 Å². The minimum absolute atomic E-state index is 0.0781. The third kappa shape index (κ3) is 2.38. The van der Waals surface area contributed by atoms with Crippen LogP contribution in [0.2, 0.25) is 0 Å². The number of carbonyl (C=O) groups is 3. The van der Waals surface area contributed by atoms with Crippen molar-refractivity contribution in [3.8, 4) is 11.1 Å². The first-order chi connectivity index (χ1) is 11.5. The largest absolute Gasteiger partial charge is 0.478 e. The van der Waals surface area contributed by atoms with Crippen molar-refractivity contribution in [3.63, 3.8) is 0 Å². The number of fused-ring (bicyclic) bond motifs is 3. The first kappa shape index (κ1) is 15.9. The van der Waals surface area contributed by atoms with E-state index in [2.05, 4.69) is 0 Å². The smallest absolute Gasteiger partial charge is 0.335 e. The summed E-state index contributed by atoms with van der Waals surface area (Å²) in [7, 11) is 0. The minimum Gasteiger partial charge on any atom is -0.478 e. The molecular weight excluding hydrogens is 306 g/mol. The van der Waals surface area contributed by atoms with E-state index < -0.39 is 5.97 Å². The zero-order valence-corrected chi connectivity index (χ0v) is 13.5.